The third kappa shape index (κ3) is 4.50. The normalized spacial score (nSPS) is 23.3. The number of benzene rings is 1. The van der Waals surface area contributed by atoms with Crippen LogP contribution in [0.25, 0.3) is 11.0 Å². The maximum absolute atomic E-state index is 13.8. The molecule has 10 nitrogen and oxygen atoms in total. The van der Waals surface area contributed by atoms with E-state index in [1.165, 1.54) is 10.9 Å². The Bertz CT molecular complexity index is 1550. The van der Waals surface area contributed by atoms with Gasteiger partial charge in [0.2, 0.25) is 5.95 Å². The Labute approximate surface area is 229 Å². The minimum atomic E-state index is -2.96. The molecule has 1 saturated carbocycles. The van der Waals surface area contributed by atoms with Gasteiger partial charge in [-0.25, -0.2) is 23.1 Å². The van der Waals surface area contributed by atoms with Gasteiger partial charge < -0.3 is 20.2 Å². The molecule has 2 aromatic heterocycles. The Kier molecular flexibility index (Phi) is 6.75. The lowest BCUT2D eigenvalue weighted by atomic mass is 9.98. The number of nitrogens with zero attached hydrogens (tertiary/aromatic N) is 7. The highest BCUT2D eigenvalue weighted by atomic mass is 19.3. The molecule has 6 rings (SSSR count). The SMILES string of the molecule is C=CCn1c(=O)c2cnc(Nc3ccc(N4CCN(C)CC4)cc3)nc2n1C1CC=C2CCC(O)(C(F)F)C2=N1. The molecule has 3 aromatic rings. The number of halogens is 2. The van der Waals surface area contributed by atoms with E-state index in [1.807, 2.05) is 18.2 Å². The summed E-state index contributed by atoms with van der Waals surface area (Å²) in [6.45, 7) is 7.91. The number of hydrogen-bond acceptors (Lipinski definition) is 8. The van der Waals surface area contributed by atoms with Gasteiger partial charge in [0.25, 0.3) is 12.0 Å². The fourth-order valence-corrected chi connectivity index (χ4v) is 5.70. The molecule has 1 aliphatic carbocycles. The zero-order chi connectivity index (χ0) is 28.0. The number of aromatic nitrogens is 4. The van der Waals surface area contributed by atoms with Crippen molar-refractivity contribution in [1.82, 2.24) is 24.2 Å². The van der Waals surface area contributed by atoms with Gasteiger partial charge in [-0.15, -0.1) is 6.58 Å². The van der Waals surface area contributed by atoms with Crippen molar-refractivity contribution in [3.63, 3.8) is 0 Å². The highest BCUT2D eigenvalue weighted by molar-refractivity contribution is 6.09. The summed E-state index contributed by atoms with van der Waals surface area (Å²) in [5.41, 5.74) is 0.248. The number of likely N-dealkylation sites (N-methyl/N-ethyl adjacent to an activating group) is 1. The van der Waals surface area contributed by atoms with E-state index in [0.29, 0.717) is 24.1 Å². The molecular formula is C28H32F2N8O2. The van der Waals surface area contributed by atoms with E-state index in [2.05, 4.69) is 55.8 Å². The van der Waals surface area contributed by atoms with Crippen molar-refractivity contribution >= 4 is 34.1 Å². The third-order valence-corrected chi connectivity index (χ3v) is 7.99. The minimum Gasteiger partial charge on any atom is -0.378 e. The molecule has 0 radical (unpaired) electrons. The van der Waals surface area contributed by atoms with Crippen molar-refractivity contribution in [2.75, 3.05) is 43.4 Å². The number of alkyl halides is 2. The predicted molar refractivity (Wildman–Crippen MR) is 151 cm³/mol. The van der Waals surface area contributed by atoms with Crippen LogP contribution in [-0.2, 0) is 6.54 Å². The smallest absolute Gasteiger partial charge is 0.278 e. The molecule has 12 heteroatoms. The first kappa shape index (κ1) is 26.3. The second kappa shape index (κ2) is 10.3. The molecule has 0 amide bonds. The number of dihydropyridines is 1. The fourth-order valence-electron chi connectivity index (χ4n) is 5.70. The van der Waals surface area contributed by atoms with Crippen LogP contribution < -0.4 is 15.8 Å². The number of hydrogen-bond donors (Lipinski definition) is 2. The number of nitrogens with one attached hydrogen (secondary N) is 1. The summed E-state index contributed by atoms with van der Waals surface area (Å²) in [6, 6.07) is 8.02. The number of fused-ring (bicyclic) bond motifs is 2. The summed E-state index contributed by atoms with van der Waals surface area (Å²) in [5, 5.41) is 14.2. The standard InChI is InChI=1S/C28H32F2N8O2/c1-3-12-37-25(39)21-17-31-27(32-19-5-7-20(8-6-19)36-15-13-35(2)14-16-36)34-24(21)38(37)22-9-4-18-10-11-28(40,26(29)30)23(18)33-22/h3-8,17,22,26,40H,1,9-16H2,2H3,(H,31,32,34). The zero-order valence-corrected chi connectivity index (χ0v) is 22.3. The Morgan fingerprint density at radius 3 is 2.67 bits per heavy atom. The topological polar surface area (TPSA) is 104 Å². The fraction of sp³-hybridized carbons (Fsp3) is 0.429. The van der Waals surface area contributed by atoms with Crippen molar-refractivity contribution in [3.05, 3.63) is 65.1 Å². The summed E-state index contributed by atoms with van der Waals surface area (Å²) < 4.78 is 30.7. The Hall–Kier alpha value is -3.90. The summed E-state index contributed by atoms with van der Waals surface area (Å²) in [4.78, 5) is 31.5. The van der Waals surface area contributed by atoms with Gasteiger partial charge >= 0.3 is 0 Å². The largest absolute Gasteiger partial charge is 0.378 e. The van der Waals surface area contributed by atoms with E-state index in [9.17, 15) is 18.7 Å². The van der Waals surface area contributed by atoms with Crippen molar-refractivity contribution < 1.29 is 13.9 Å². The number of aliphatic hydroxyl groups is 1. The van der Waals surface area contributed by atoms with Crippen LogP contribution in [0.3, 0.4) is 0 Å². The number of aliphatic imine (C=N–C) groups is 1. The summed E-state index contributed by atoms with van der Waals surface area (Å²) in [7, 11) is 2.12. The van der Waals surface area contributed by atoms with Gasteiger partial charge in [-0.2, -0.15) is 4.98 Å². The highest BCUT2D eigenvalue weighted by Gasteiger charge is 2.49. The first-order valence-electron chi connectivity index (χ1n) is 13.5. The van der Waals surface area contributed by atoms with Crippen molar-refractivity contribution in [3.8, 4) is 0 Å². The van der Waals surface area contributed by atoms with Crippen LogP contribution >= 0.6 is 0 Å². The summed E-state index contributed by atoms with van der Waals surface area (Å²) in [5.74, 6) is 0.286. The van der Waals surface area contributed by atoms with E-state index in [1.54, 1.807) is 10.8 Å². The van der Waals surface area contributed by atoms with Gasteiger partial charge in [-0.3, -0.25) is 9.79 Å². The molecule has 3 aliphatic rings. The molecule has 2 atom stereocenters. The molecule has 4 heterocycles. The highest BCUT2D eigenvalue weighted by Crippen LogP contribution is 2.41. The Morgan fingerprint density at radius 2 is 1.98 bits per heavy atom. The lowest BCUT2D eigenvalue weighted by Gasteiger charge is -2.34. The molecule has 0 bridgehead atoms. The van der Waals surface area contributed by atoms with Crippen LogP contribution in [-0.4, -0.2) is 80.3 Å². The molecule has 2 fully saturated rings. The van der Waals surface area contributed by atoms with E-state index in [4.69, 9.17) is 0 Å². The molecule has 210 valence electrons. The number of allylic oxidation sites excluding steroid dienone is 1. The average Bonchev–Trinajstić information content (AvgIpc) is 3.44. The summed E-state index contributed by atoms with van der Waals surface area (Å²) in [6.07, 6.45) is 1.78. The molecule has 2 unspecified atom stereocenters. The summed E-state index contributed by atoms with van der Waals surface area (Å²) >= 11 is 0. The maximum atomic E-state index is 13.8. The van der Waals surface area contributed by atoms with Crippen LogP contribution in [0.1, 0.15) is 25.4 Å². The van der Waals surface area contributed by atoms with E-state index >= 15 is 0 Å². The van der Waals surface area contributed by atoms with Gasteiger partial charge in [0, 0.05) is 50.2 Å². The Balaban J connectivity index is 1.33. The Morgan fingerprint density at radius 1 is 1.23 bits per heavy atom. The van der Waals surface area contributed by atoms with Crippen LogP contribution in [0.15, 0.2) is 64.6 Å². The van der Waals surface area contributed by atoms with Gasteiger partial charge in [0.05, 0.1) is 12.3 Å². The monoisotopic (exact) mass is 550 g/mol. The lowest BCUT2D eigenvalue weighted by Crippen LogP contribution is -2.44. The van der Waals surface area contributed by atoms with Gasteiger partial charge in [-0.1, -0.05) is 12.2 Å². The predicted octanol–water partition coefficient (Wildman–Crippen LogP) is 3.33. The van der Waals surface area contributed by atoms with Crippen LogP contribution in [0.4, 0.5) is 26.1 Å². The first-order chi connectivity index (χ1) is 19.3. The van der Waals surface area contributed by atoms with Crippen molar-refractivity contribution in [1.29, 1.82) is 0 Å². The average molecular weight is 551 g/mol. The molecule has 1 aromatic carbocycles. The molecule has 0 spiro atoms. The number of anilines is 3. The second-order valence-electron chi connectivity index (χ2n) is 10.6. The second-order valence-corrected chi connectivity index (χ2v) is 10.6. The van der Waals surface area contributed by atoms with Gasteiger partial charge in [-0.05, 0) is 49.7 Å². The molecule has 2 N–H and O–H groups in total. The number of piperazine rings is 1. The van der Waals surface area contributed by atoms with Crippen LogP contribution in [0.5, 0.6) is 0 Å². The van der Waals surface area contributed by atoms with Gasteiger partial charge in [0.1, 0.15) is 11.6 Å². The first-order valence-corrected chi connectivity index (χ1v) is 13.5. The third-order valence-electron chi connectivity index (χ3n) is 7.99. The zero-order valence-electron chi connectivity index (χ0n) is 22.3. The van der Waals surface area contributed by atoms with Crippen molar-refractivity contribution in [2.24, 2.45) is 4.99 Å². The maximum Gasteiger partial charge on any atom is 0.278 e. The van der Waals surface area contributed by atoms with E-state index in [-0.39, 0.29) is 35.6 Å². The lowest BCUT2D eigenvalue weighted by molar-refractivity contribution is -0.0460. The molecule has 2 aliphatic heterocycles. The van der Waals surface area contributed by atoms with Crippen molar-refractivity contribution in [2.45, 2.75) is 44.0 Å². The van der Waals surface area contributed by atoms with Crippen LogP contribution in [0, 0.1) is 0 Å². The van der Waals surface area contributed by atoms with Gasteiger partial charge in [0.15, 0.2) is 11.2 Å². The quantitative estimate of drug-likeness (QED) is 0.435. The minimum absolute atomic E-state index is 0.00829. The molecular weight excluding hydrogens is 518 g/mol. The molecule has 40 heavy (non-hydrogen) atoms. The van der Waals surface area contributed by atoms with Crippen LogP contribution in [0.2, 0.25) is 0 Å². The number of rotatable bonds is 7. The molecule has 1 saturated heterocycles. The van der Waals surface area contributed by atoms with E-state index < -0.39 is 18.2 Å². The van der Waals surface area contributed by atoms with E-state index in [0.717, 1.165) is 37.6 Å².